The van der Waals surface area contributed by atoms with Gasteiger partial charge in [-0.1, -0.05) is 19.1 Å². The summed E-state index contributed by atoms with van der Waals surface area (Å²) in [5.41, 5.74) is 7.35. The van der Waals surface area contributed by atoms with Crippen LogP contribution < -0.4 is 11.1 Å². The molecule has 2 amide bonds. The fourth-order valence-corrected chi connectivity index (χ4v) is 1.78. The second-order valence-electron chi connectivity index (χ2n) is 3.69. The molecule has 1 heterocycles. The fraction of sp³-hybridized carbons (Fsp3) is 0.273. The number of imide groups is 1. The summed E-state index contributed by atoms with van der Waals surface area (Å²) in [6, 6.07) is 5.27. The number of carbonyl (C=O) groups is 2. The molecule has 78 valence electrons. The third-order valence-electron chi connectivity index (χ3n) is 2.68. The summed E-state index contributed by atoms with van der Waals surface area (Å²) < 4.78 is 0. The Morgan fingerprint density at radius 1 is 1.33 bits per heavy atom. The maximum atomic E-state index is 11.5. The van der Waals surface area contributed by atoms with Crippen molar-refractivity contribution in [3.8, 4) is 0 Å². The minimum atomic E-state index is -0.318. The van der Waals surface area contributed by atoms with Gasteiger partial charge in [-0.15, -0.1) is 0 Å². The number of fused-ring (bicyclic) bond motifs is 1. The highest BCUT2D eigenvalue weighted by atomic mass is 16.2. The number of hydrogen-bond donors (Lipinski definition) is 2. The van der Waals surface area contributed by atoms with Gasteiger partial charge in [0.15, 0.2) is 0 Å². The van der Waals surface area contributed by atoms with E-state index in [1.54, 1.807) is 12.1 Å². The van der Waals surface area contributed by atoms with Gasteiger partial charge in [-0.2, -0.15) is 0 Å². The van der Waals surface area contributed by atoms with Crippen LogP contribution in [-0.2, 0) is 0 Å². The van der Waals surface area contributed by atoms with E-state index in [4.69, 9.17) is 5.73 Å². The Morgan fingerprint density at radius 3 is 2.73 bits per heavy atom. The molecule has 0 saturated carbocycles. The highest BCUT2D eigenvalue weighted by Gasteiger charge is 2.30. The molecule has 1 aliphatic rings. The minimum absolute atomic E-state index is 0.0802. The van der Waals surface area contributed by atoms with Crippen LogP contribution >= 0.6 is 0 Å². The summed E-state index contributed by atoms with van der Waals surface area (Å²) in [5, 5.41) is 2.28. The van der Waals surface area contributed by atoms with Gasteiger partial charge in [0.25, 0.3) is 11.8 Å². The normalized spacial score (nSPS) is 16.1. The molecule has 4 heteroatoms. The SMILES string of the molecule is CC(CN)c1cccc2c1C(=O)NC2=O. The molecule has 0 saturated heterocycles. The van der Waals surface area contributed by atoms with Crippen LogP contribution in [0.15, 0.2) is 18.2 Å². The fourth-order valence-electron chi connectivity index (χ4n) is 1.78. The Morgan fingerprint density at radius 2 is 2.07 bits per heavy atom. The predicted octanol–water partition coefficient (Wildman–Crippen LogP) is 0.632. The first-order valence-electron chi connectivity index (χ1n) is 4.83. The van der Waals surface area contributed by atoms with Crippen molar-refractivity contribution in [2.24, 2.45) is 5.73 Å². The first-order valence-corrected chi connectivity index (χ1v) is 4.83. The zero-order valence-electron chi connectivity index (χ0n) is 8.41. The van der Waals surface area contributed by atoms with Crippen molar-refractivity contribution in [3.05, 3.63) is 34.9 Å². The highest BCUT2D eigenvalue weighted by molar-refractivity contribution is 6.22. The summed E-state index contributed by atoms with van der Waals surface area (Å²) in [5.74, 6) is -0.552. The van der Waals surface area contributed by atoms with Crippen LogP contribution in [0.1, 0.15) is 39.1 Å². The van der Waals surface area contributed by atoms with Gasteiger partial charge < -0.3 is 5.73 Å². The molecule has 3 N–H and O–H groups in total. The summed E-state index contributed by atoms with van der Waals surface area (Å²) in [6.45, 7) is 2.39. The largest absolute Gasteiger partial charge is 0.330 e. The van der Waals surface area contributed by atoms with Crippen LogP contribution in [0.5, 0.6) is 0 Å². The molecule has 1 aromatic rings. The first-order chi connectivity index (χ1) is 7.15. The zero-order valence-corrected chi connectivity index (χ0v) is 8.41. The number of benzene rings is 1. The Labute approximate surface area is 87.5 Å². The minimum Gasteiger partial charge on any atom is -0.330 e. The van der Waals surface area contributed by atoms with E-state index >= 15 is 0 Å². The molecule has 0 bridgehead atoms. The van der Waals surface area contributed by atoms with Gasteiger partial charge in [-0.25, -0.2) is 0 Å². The molecule has 1 aliphatic heterocycles. The van der Waals surface area contributed by atoms with Gasteiger partial charge in [0.1, 0.15) is 0 Å². The van der Waals surface area contributed by atoms with Gasteiger partial charge in [-0.05, 0) is 24.1 Å². The van der Waals surface area contributed by atoms with Crippen molar-refractivity contribution in [1.29, 1.82) is 0 Å². The molecule has 0 aliphatic carbocycles. The highest BCUT2D eigenvalue weighted by Crippen LogP contribution is 2.25. The van der Waals surface area contributed by atoms with Crippen molar-refractivity contribution < 1.29 is 9.59 Å². The van der Waals surface area contributed by atoms with E-state index < -0.39 is 0 Å². The van der Waals surface area contributed by atoms with E-state index in [9.17, 15) is 9.59 Å². The number of amides is 2. The molecule has 1 atom stereocenters. The average molecular weight is 204 g/mol. The van der Waals surface area contributed by atoms with Crippen molar-refractivity contribution in [3.63, 3.8) is 0 Å². The number of hydrogen-bond acceptors (Lipinski definition) is 3. The molecule has 15 heavy (non-hydrogen) atoms. The number of nitrogens with one attached hydrogen (secondary N) is 1. The van der Waals surface area contributed by atoms with E-state index in [1.807, 2.05) is 13.0 Å². The molecule has 0 radical (unpaired) electrons. The smallest absolute Gasteiger partial charge is 0.259 e. The average Bonchev–Trinajstić information content (AvgIpc) is 2.54. The van der Waals surface area contributed by atoms with Crippen LogP contribution in [-0.4, -0.2) is 18.4 Å². The molecule has 1 aromatic carbocycles. The quantitative estimate of drug-likeness (QED) is 0.694. The molecule has 4 nitrogen and oxygen atoms in total. The van der Waals surface area contributed by atoms with Crippen molar-refractivity contribution in [2.75, 3.05) is 6.54 Å². The monoisotopic (exact) mass is 204 g/mol. The summed E-state index contributed by atoms with van der Waals surface area (Å²) in [7, 11) is 0. The molecule has 1 unspecified atom stereocenters. The molecular formula is C11H12N2O2. The number of carbonyl (C=O) groups excluding carboxylic acids is 2. The summed E-state index contributed by atoms with van der Waals surface area (Å²) in [4.78, 5) is 22.9. The van der Waals surface area contributed by atoms with Crippen LogP contribution in [0.2, 0.25) is 0 Å². The topological polar surface area (TPSA) is 72.2 Å². The lowest BCUT2D eigenvalue weighted by Crippen LogP contribution is -2.21. The second kappa shape index (κ2) is 3.47. The third-order valence-corrected chi connectivity index (χ3v) is 2.68. The lowest BCUT2D eigenvalue weighted by atomic mass is 9.93. The van der Waals surface area contributed by atoms with Gasteiger partial charge in [-0.3, -0.25) is 14.9 Å². The van der Waals surface area contributed by atoms with E-state index in [2.05, 4.69) is 5.32 Å². The van der Waals surface area contributed by atoms with E-state index in [1.165, 1.54) is 0 Å². The summed E-state index contributed by atoms with van der Waals surface area (Å²) in [6.07, 6.45) is 0. The van der Waals surface area contributed by atoms with Crippen molar-refractivity contribution in [1.82, 2.24) is 5.32 Å². The summed E-state index contributed by atoms with van der Waals surface area (Å²) >= 11 is 0. The maximum Gasteiger partial charge on any atom is 0.259 e. The first kappa shape index (κ1) is 9.86. The predicted molar refractivity (Wildman–Crippen MR) is 55.7 cm³/mol. The van der Waals surface area contributed by atoms with Gasteiger partial charge >= 0.3 is 0 Å². The van der Waals surface area contributed by atoms with E-state index in [-0.39, 0.29) is 17.7 Å². The Hall–Kier alpha value is -1.68. The molecule has 2 rings (SSSR count). The van der Waals surface area contributed by atoms with Gasteiger partial charge in [0.2, 0.25) is 0 Å². The molecule has 0 spiro atoms. The number of rotatable bonds is 2. The standard InChI is InChI=1S/C11H12N2O2/c1-6(5-12)7-3-2-4-8-9(7)11(15)13-10(8)14/h2-4,6H,5,12H2,1H3,(H,13,14,15). The lowest BCUT2D eigenvalue weighted by molar-refractivity contribution is 0.0879. The molecular weight excluding hydrogens is 192 g/mol. The molecule has 0 aromatic heterocycles. The van der Waals surface area contributed by atoms with Crippen LogP contribution in [0, 0.1) is 0 Å². The number of nitrogens with two attached hydrogens (primary N) is 1. The van der Waals surface area contributed by atoms with Crippen LogP contribution in [0.3, 0.4) is 0 Å². The third kappa shape index (κ3) is 1.43. The second-order valence-corrected chi connectivity index (χ2v) is 3.69. The Balaban J connectivity index is 2.60. The Kier molecular flexibility index (Phi) is 2.28. The van der Waals surface area contributed by atoms with Crippen molar-refractivity contribution >= 4 is 11.8 Å². The molecule has 0 fully saturated rings. The van der Waals surface area contributed by atoms with Crippen LogP contribution in [0.4, 0.5) is 0 Å². The van der Waals surface area contributed by atoms with Crippen molar-refractivity contribution in [2.45, 2.75) is 12.8 Å². The Bertz CT molecular complexity index is 440. The van der Waals surface area contributed by atoms with Crippen LogP contribution in [0.25, 0.3) is 0 Å². The maximum absolute atomic E-state index is 11.5. The van der Waals surface area contributed by atoms with Gasteiger partial charge in [0.05, 0.1) is 11.1 Å². The van der Waals surface area contributed by atoms with E-state index in [0.29, 0.717) is 17.7 Å². The van der Waals surface area contributed by atoms with E-state index in [0.717, 1.165) is 5.56 Å². The lowest BCUT2D eigenvalue weighted by Gasteiger charge is -2.11. The zero-order chi connectivity index (χ0) is 11.0. The van der Waals surface area contributed by atoms with Gasteiger partial charge in [0, 0.05) is 0 Å².